The molecule has 0 spiro atoms. The third kappa shape index (κ3) is 3.15. The number of nitrogens with zero attached hydrogens (tertiary/aromatic N) is 2. The molecule has 0 aromatic carbocycles. The van der Waals surface area contributed by atoms with Crippen molar-refractivity contribution >= 4 is 12.1 Å². The Bertz CT molecular complexity index is 471. The number of pyridine rings is 1. The van der Waals surface area contributed by atoms with Crippen LogP contribution in [-0.4, -0.2) is 29.2 Å². The molecule has 2 atom stereocenters. The van der Waals surface area contributed by atoms with Gasteiger partial charge < -0.3 is 0 Å². The van der Waals surface area contributed by atoms with Gasteiger partial charge in [-0.15, -0.1) is 0 Å². The molecule has 2 aliphatic rings. The van der Waals surface area contributed by atoms with Gasteiger partial charge in [-0.1, -0.05) is 0 Å². The van der Waals surface area contributed by atoms with Crippen LogP contribution in [0.5, 0.6) is 0 Å². The predicted molar refractivity (Wildman–Crippen MR) is 71.2 cm³/mol. The number of hydrogen-bond donors (Lipinski definition) is 3. The highest BCUT2D eigenvalue weighted by Gasteiger charge is 2.38. The van der Waals surface area contributed by atoms with Crippen LogP contribution in [0.4, 0.5) is 0 Å². The van der Waals surface area contributed by atoms with Crippen molar-refractivity contribution in [2.45, 2.75) is 31.3 Å². The van der Waals surface area contributed by atoms with Gasteiger partial charge >= 0.3 is 0 Å². The molecule has 3 N–H and O–H groups in total. The maximum absolute atomic E-state index is 11.9. The SMILES string of the molecule is O=C(N/N=C/c1ccncc1)C1CC(C2CC2)NN1. The van der Waals surface area contributed by atoms with E-state index in [-0.39, 0.29) is 11.9 Å². The number of nitrogens with one attached hydrogen (secondary N) is 3. The quantitative estimate of drug-likeness (QED) is 0.532. The largest absolute Gasteiger partial charge is 0.271 e. The van der Waals surface area contributed by atoms with E-state index in [2.05, 4.69) is 26.4 Å². The second-order valence-electron chi connectivity index (χ2n) is 5.04. The van der Waals surface area contributed by atoms with Gasteiger partial charge in [0, 0.05) is 18.4 Å². The number of hydrogen-bond acceptors (Lipinski definition) is 5. The van der Waals surface area contributed by atoms with Crippen LogP contribution in [0.15, 0.2) is 29.6 Å². The summed E-state index contributed by atoms with van der Waals surface area (Å²) in [5.41, 5.74) is 9.68. The lowest BCUT2D eigenvalue weighted by Crippen LogP contribution is -2.42. The van der Waals surface area contributed by atoms with Crippen LogP contribution in [0.1, 0.15) is 24.8 Å². The average Bonchev–Trinajstić information content (AvgIpc) is 3.17. The highest BCUT2D eigenvalue weighted by molar-refractivity contribution is 5.84. The first-order valence-corrected chi connectivity index (χ1v) is 6.57. The highest BCUT2D eigenvalue weighted by Crippen LogP contribution is 2.35. The summed E-state index contributed by atoms with van der Waals surface area (Å²) in [7, 11) is 0. The molecule has 6 heteroatoms. The first-order chi connectivity index (χ1) is 9.33. The van der Waals surface area contributed by atoms with Gasteiger partial charge in [0.1, 0.15) is 6.04 Å². The summed E-state index contributed by atoms with van der Waals surface area (Å²) in [6.45, 7) is 0. The Kier molecular flexibility index (Phi) is 3.52. The zero-order valence-corrected chi connectivity index (χ0v) is 10.5. The van der Waals surface area contributed by atoms with Crippen LogP contribution >= 0.6 is 0 Å². The molecule has 2 fully saturated rings. The smallest absolute Gasteiger partial charge is 0.258 e. The molecule has 2 unspecified atom stereocenters. The lowest BCUT2D eigenvalue weighted by molar-refractivity contribution is -0.122. The summed E-state index contributed by atoms with van der Waals surface area (Å²) in [4.78, 5) is 15.8. The van der Waals surface area contributed by atoms with E-state index in [1.54, 1.807) is 18.6 Å². The molecule has 100 valence electrons. The van der Waals surface area contributed by atoms with Crippen molar-refractivity contribution in [3.63, 3.8) is 0 Å². The fourth-order valence-electron chi connectivity index (χ4n) is 2.26. The Labute approximate surface area is 111 Å². The Morgan fingerprint density at radius 2 is 2.16 bits per heavy atom. The molecule has 1 saturated carbocycles. The Balaban J connectivity index is 1.47. The standard InChI is InChI=1S/C13H17N5O/c19-13(12-7-11(16-17-12)10-1-2-10)18-15-8-9-3-5-14-6-4-9/h3-6,8,10-12,16-17H,1-2,7H2,(H,18,19)/b15-8+. The highest BCUT2D eigenvalue weighted by atomic mass is 16.2. The molecule has 1 aliphatic heterocycles. The van der Waals surface area contributed by atoms with E-state index in [1.807, 2.05) is 12.1 Å². The van der Waals surface area contributed by atoms with Crippen LogP contribution in [0.3, 0.4) is 0 Å². The first kappa shape index (κ1) is 12.3. The van der Waals surface area contributed by atoms with Crippen molar-refractivity contribution in [3.05, 3.63) is 30.1 Å². The average molecular weight is 259 g/mol. The number of carbonyl (C=O) groups excluding carboxylic acids is 1. The molecule has 6 nitrogen and oxygen atoms in total. The number of hydrazine groups is 1. The molecule has 1 aromatic rings. The molecule has 0 radical (unpaired) electrons. The topological polar surface area (TPSA) is 78.4 Å². The summed E-state index contributed by atoms with van der Waals surface area (Å²) in [5.74, 6) is 0.645. The van der Waals surface area contributed by atoms with Crippen LogP contribution in [0.25, 0.3) is 0 Å². The van der Waals surface area contributed by atoms with E-state index in [9.17, 15) is 4.79 Å². The number of carbonyl (C=O) groups is 1. The molecular formula is C13H17N5O. The fourth-order valence-corrected chi connectivity index (χ4v) is 2.26. The van der Waals surface area contributed by atoms with E-state index >= 15 is 0 Å². The summed E-state index contributed by atoms with van der Waals surface area (Å²) in [6.07, 6.45) is 8.36. The zero-order valence-electron chi connectivity index (χ0n) is 10.5. The molecule has 0 bridgehead atoms. The number of rotatable bonds is 4. The lowest BCUT2D eigenvalue weighted by Gasteiger charge is -2.06. The lowest BCUT2D eigenvalue weighted by atomic mass is 10.1. The number of hydrazone groups is 1. The van der Waals surface area contributed by atoms with E-state index in [4.69, 9.17) is 0 Å². The van der Waals surface area contributed by atoms with Crippen molar-refractivity contribution in [3.8, 4) is 0 Å². The van der Waals surface area contributed by atoms with Crippen LogP contribution in [0.2, 0.25) is 0 Å². The van der Waals surface area contributed by atoms with E-state index in [0.717, 1.165) is 17.9 Å². The van der Waals surface area contributed by atoms with Crippen molar-refractivity contribution in [1.82, 2.24) is 21.3 Å². The van der Waals surface area contributed by atoms with Gasteiger partial charge in [-0.25, -0.2) is 10.9 Å². The predicted octanol–water partition coefficient (Wildman–Crippen LogP) is 0.177. The summed E-state index contributed by atoms with van der Waals surface area (Å²) >= 11 is 0. The van der Waals surface area contributed by atoms with Crippen molar-refractivity contribution < 1.29 is 4.79 Å². The van der Waals surface area contributed by atoms with Crippen molar-refractivity contribution in [1.29, 1.82) is 0 Å². The summed E-state index contributed by atoms with van der Waals surface area (Å²) < 4.78 is 0. The Morgan fingerprint density at radius 3 is 2.89 bits per heavy atom. The van der Waals surface area contributed by atoms with Gasteiger partial charge in [0.25, 0.3) is 5.91 Å². The molecule has 1 aliphatic carbocycles. The van der Waals surface area contributed by atoms with Gasteiger partial charge in [-0.2, -0.15) is 5.10 Å². The molecule has 2 heterocycles. The van der Waals surface area contributed by atoms with Gasteiger partial charge in [0.05, 0.1) is 6.21 Å². The normalized spacial score (nSPS) is 26.7. The minimum Gasteiger partial charge on any atom is -0.271 e. The summed E-state index contributed by atoms with van der Waals surface area (Å²) in [6, 6.07) is 3.89. The maximum Gasteiger partial charge on any atom is 0.258 e. The first-order valence-electron chi connectivity index (χ1n) is 6.57. The van der Waals surface area contributed by atoms with Crippen molar-refractivity contribution in [2.75, 3.05) is 0 Å². The Hall–Kier alpha value is -1.79. The number of aromatic nitrogens is 1. The van der Waals surface area contributed by atoms with Crippen LogP contribution < -0.4 is 16.3 Å². The molecule has 19 heavy (non-hydrogen) atoms. The van der Waals surface area contributed by atoms with Crippen LogP contribution in [0, 0.1) is 5.92 Å². The maximum atomic E-state index is 11.9. The Morgan fingerprint density at radius 1 is 1.37 bits per heavy atom. The zero-order chi connectivity index (χ0) is 13.1. The third-order valence-electron chi connectivity index (χ3n) is 3.53. The molecule has 1 amide bonds. The van der Waals surface area contributed by atoms with E-state index < -0.39 is 0 Å². The van der Waals surface area contributed by atoms with Crippen LogP contribution in [-0.2, 0) is 4.79 Å². The van der Waals surface area contributed by atoms with Gasteiger partial charge in [-0.3, -0.25) is 15.2 Å². The van der Waals surface area contributed by atoms with E-state index in [0.29, 0.717) is 6.04 Å². The second kappa shape index (κ2) is 5.46. The van der Waals surface area contributed by atoms with Crippen molar-refractivity contribution in [2.24, 2.45) is 11.0 Å². The minimum atomic E-state index is -0.194. The fraction of sp³-hybridized carbons (Fsp3) is 0.462. The molecule has 1 aromatic heterocycles. The monoisotopic (exact) mass is 259 g/mol. The summed E-state index contributed by atoms with van der Waals surface area (Å²) in [5, 5.41) is 3.95. The minimum absolute atomic E-state index is 0.0963. The van der Waals surface area contributed by atoms with Gasteiger partial charge in [0.15, 0.2) is 0 Å². The third-order valence-corrected chi connectivity index (χ3v) is 3.53. The molecular weight excluding hydrogens is 242 g/mol. The van der Waals surface area contributed by atoms with Gasteiger partial charge in [0.2, 0.25) is 0 Å². The van der Waals surface area contributed by atoms with Gasteiger partial charge in [-0.05, 0) is 42.9 Å². The molecule has 1 saturated heterocycles. The number of amides is 1. The second-order valence-corrected chi connectivity index (χ2v) is 5.04. The van der Waals surface area contributed by atoms with E-state index in [1.165, 1.54) is 12.8 Å². The molecule has 3 rings (SSSR count).